The third-order valence-electron chi connectivity index (χ3n) is 10.1. The first-order valence-corrected chi connectivity index (χ1v) is 16.9. The lowest BCUT2D eigenvalue weighted by molar-refractivity contribution is 1.28. The summed E-state index contributed by atoms with van der Waals surface area (Å²) in [5.74, 6) is 0. The molecule has 10 rings (SSSR count). The summed E-state index contributed by atoms with van der Waals surface area (Å²) in [6.45, 7) is 0. The summed E-state index contributed by atoms with van der Waals surface area (Å²) in [7, 11) is 0. The molecule has 0 aliphatic rings. The Labute approximate surface area is 285 Å². The Morgan fingerprint density at radius 2 is 0.755 bits per heavy atom. The van der Waals surface area contributed by atoms with E-state index < -0.39 is 0 Å². The van der Waals surface area contributed by atoms with E-state index in [4.69, 9.17) is 0 Å². The highest BCUT2D eigenvalue weighted by molar-refractivity contribution is 6.15. The van der Waals surface area contributed by atoms with E-state index in [9.17, 15) is 0 Å². The van der Waals surface area contributed by atoms with Gasteiger partial charge in [-0.3, -0.25) is 0 Å². The van der Waals surface area contributed by atoms with Crippen molar-refractivity contribution in [2.45, 2.75) is 0 Å². The van der Waals surface area contributed by atoms with Crippen molar-refractivity contribution in [3.8, 4) is 44.6 Å². The van der Waals surface area contributed by atoms with Gasteiger partial charge < -0.3 is 4.40 Å². The maximum Gasteiger partial charge on any atom is 0.0613 e. The number of rotatable bonds is 4. The van der Waals surface area contributed by atoms with Gasteiger partial charge in [-0.25, -0.2) is 0 Å². The summed E-state index contributed by atoms with van der Waals surface area (Å²) in [6.07, 6.45) is 0. The minimum absolute atomic E-state index is 1.21. The molecule has 0 amide bonds. The van der Waals surface area contributed by atoms with Crippen LogP contribution in [0.4, 0.5) is 0 Å². The second kappa shape index (κ2) is 11.1. The number of fused-ring (bicyclic) bond motifs is 8. The Kier molecular flexibility index (Phi) is 6.25. The first-order valence-electron chi connectivity index (χ1n) is 16.9. The number of nitrogens with zero attached hydrogens (tertiary/aromatic N) is 1. The molecular weight excluding hydrogens is 591 g/mol. The lowest BCUT2D eigenvalue weighted by atomic mass is 9.95. The predicted molar refractivity (Wildman–Crippen MR) is 209 cm³/mol. The van der Waals surface area contributed by atoms with E-state index in [0.717, 1.165) is 0 Å². The van der Waals surface area contributed by atoms with Gasteiger partial charge in [-0.15, -0.1) is 0 Å². The lowest BCUT2D eigenvalue weighted by Gasteiger charge is -2.15. The Morgan fingerprint density at radius 3 is 1.43 bits per heavy atom. The zero-order chi connectivity index (χ0) is 32.3. The molecule has 0 unspecified atom stereocenters. The van der Waals surface area contributed by atoms with Crippen LogP contribution in [0.5, 0.6) is 0 Å². The van der Waals surface area contributed by atoms with Crippen LogP contribution < -0.4 is 0 Å². The fourth-order valence-electron chi connectivity index (χ4n) is 7.72. The van der Waals surface area contributed by atoms with Crippen LogP contribution in [0, 0.1) is 0 Å². The van der Waals surface area contributed by atoms with E-state index in [1.165, 1.54) is 93.4 Å². The van der Waals surface area contributed by atoms with Crippen molar-refractivity contribution in [3.63, 3.8) is 0 Å². The number of aromatic nitrogens is 1. The number of benzene rings is 8. The summed E-state index contributed by atoms with van der Waals surface area (Å²) >= 11 is 0. The molecule has 0 radical (unpaired) electrons. The molecule has 0 saturated heterocycles. The van der Waals surface area contributed by atoms with Crippen molar-refractivity contribution >= 4 is 48.7 Å². The van der Waals surface area contributed by atoms with Gasteiger partial charge in [-0.05, 0) is 96.7 Å². The van der Waals surface area contributed by atoms with Crippen molar-refractivity contribution in [2.75, 3.05) is 0 Å². The van der Waals surface area contributed by atoms with Crippen molar-refractivity contribution in [1.82, 2.24) is 4.40 Å². The third-order valence-corrected chi connectivity index (χ3v) is 10.1. The number of hydrogen-bond donors (Lipinski definition) is 0. The molecule has 0 fully saturated rings. The second-order valence-electron chi connectivity index (χ2n) is 13.0. The van der Waals surface area contributed by atoms with Gasteiger partial charge in [0.1, 0.15) is 0 Å². The van der Waals surface area contributed by atoms with Gasteiger partial charge in [0.15, 0.2) is 0 Å². The van der Waals surface area contributed by atoms with Crippen LogP contribution in [-0.2, 0) is 0 Å². The number of hydrogen-bond acceptors (Lipinski definition) is 0. The quantitative estimate of drug-likeness (QED) is 0.172. The Balaban J connectivity index is 1.15. The van der Waals surface area contributed by atoms with E-state index >= 15 is 0 Å². The topological polar surface area (TPSA) is 4.41 Å². The van der Waals surface area contributed by atoms with Gasteiger partial charge in [0.05, 0.1) is 16.7 Å². The Morgan fingerprint density at radius 1 is 0.265 bits per heavy atom. The van der Waals surface area contributed by atoms with Gasteiger partial charge in [-0.2, -0.15) is 0 Å². The summed E-state index contributed by atoms with van der Waals surface area (Å²) in [5, 5.41) is 8.80. The van der Waals surface area contributed by atoms with E-state index in [2.05, 4.69) is 192 Å². The standard InChI is InChI=1S/C48H31N/c1-3-12-33(13-4-1)44-31-47-43-18-10-9-17-42(43)45-30-41(25-26-46(45)49(47)48(44)34-14-5-2-6-15-34)40-24-23-38-28-37(21-22-39(38)29-40)36-20-19-32-11-7-8-16-35(32)27-36/h1-31H. The van der Waals surface area contributed by atoms with Crippen molar-refractivity contribution in [1.29, 1.82) is 0 Å². The molecule has 10 aromatic rings. The van der Waals surface area contributed by atoms with Crippen molar-refractivity contribution < 1.29 is 0 Å². The highest BCUT2D eigenvalue weighted by atomic mass is 14.9. The molecule has 1 nitrogen and oxygen atoms in total. The molecule has 0 atom stereocenters. The Bertz CT molecular complexity index is 2860. The SMILES string of the molecule is c1ccc(-c2cc3c4ccccc4c4cc(-c5ccc6cc(-c7ccc8ccccc8c7)ccc6c5)ccc4n3c2-c2ccccc2)cc1. The average Bonchev–Trinajstić information content (AvgIpc) is 3.59. The van der Waals surface area contributed by atoms with Crippen molar-refractivity contribution in [3.05, 3.63) is 188 Å². The van der Waals surface area contributed by atoms with E-state index in [1.54, 1.807) is 0 Å². The van der Waals surface area contributed by atoms with Crippen LogP contribution in [-0.4, -0.2) is 4.40 Å². The van der Waals surface area contributed by atoms with Gasteiger partial charge in [0, 0.05) is 16.3 Å². The Hall–Kier alpha value is -6.44. The fraction of sp³-hybridized carbons (Fsp3) is 0. The predicted octanol–water partition coefficient (Wildman–Crippen LogP) is 13.2. The maximum atomic E-state index is 2.48. The fourth-order valence-corrected chi connectivity index (χ4v) is 7.72. The van der Waals surface area contributed by atoms with Crippen LogP contribution in [0.2, 0.25) is 0 Å². The maximum absolute atomic E-state index is 2.48. The van der Waals surface area contributed by atoms with Gasteiger partial charge in [-0.1, -0.05) is 152 Å². The smallest absolute Gasteiger partial charge is 0.0613 e. The molecule has 0 N–H and O–H groups in total. The van der Waals surface area contributed by atoms with Crippen LogP contribution in [0.1, 0.15) is 0 Å². The third kappa shape index (κ3) is 4.55. The largest absolute Gasteiger partial charge is 0.308 e. The molecule has 0 bridgehead atoms. The van der Waals surface area contributed by atoms with Crippen LogP contribution in [0.15, 0.2) is 188 Å². The summed E-state index contributed by atoms with van der Waals surface area (Å²) in [5.41, 5.74) is 12.2. The average molecular weight is 622 g/mol. The molecule has 0 aliphatic carbocycles. The van der Waals surface area contributed by atoms with Gasteiger partial charge in [0.2, 0.25) is 0 Å². The molecule has 1 heteroatoms. The second-order valence-corrected chi connectivity index (χ2v) is 13.0. The summed E-state index contributed by atoms with van der Waals surface area (Å²) in [4.78, 5) is 0. The molecular formula is C48H31N. The summed E-state index contributed by atoms with van der Waals surface area (Å²) in [6, 6.07) is 68.8. The first kappa shape index (κ1) is 27.7. The molecule has 49 heavy (non-hydrogen) atoms. The lowest BCUT2D eigenvalue weighted by Crippen LogP contribution is -1.95. The van der Waals surface area contributed by atoms with Gasteiger partial charge in [0.25, 0.3) is 0 Å². The number of pyridine rings is 1. The highest BCUT2D eigenvalue weighted by Gasteiger charge is 2.19. The normalized spacial score (nSPS) is 11.7. The minimum atomic E-state index is 1.21. The zero-order valence-electron chi connectivity index (χ0n) is 26.8. The first-order chi connectivity index (χ1) is 24.3. The summed E-state index contributed by atoms with van der Waals surface area (Å²) < 4.78 is 2.48. The van der Waals surface area contributed by atoms with Gasteiger partial charge >= 0.3 is 0 Å². The van der Waals surface area contributed by atoms with E-state index in [0.29, 0.717) is 0 Å². The highest BCUT2D eigenvalue weighted by Crippen LogP contribution is 2.42. The molecule has 0 spiro atoms. The molecule has 228 valence electrons. The molecule has 2 aromatic heterocycles. The zero-order valence-corrected chi connectivity index (χ0v) is 26.8. The van der Waals surface area contributed by atoms with E-state index in [-0.39, 0.29) is 0 Å². The molecule has 2 heterocycles. The molecule has 0 aliphatic heterocycles. The monoisotopic (exact) mass is 621 g/mol. The van der Waals surface area contributed by atoms with Crippen LogP contribution >= 0.6 is 0 Å². The van der Waals surface area contributed by atoms with Crippen molar-refractivity contribution in [2.24, 2.45) is 0 Å². The van der Waals surface area contributed by atoms with Crippen LogP contribution in [0.25, 0.3) is 93.4 Å². The minimum Gasteiger partial charge on any atom is -0.308 e. The molecule has 8 aromatic carbocycles. The molecule has 0 saturated carbocycles. The van der Waals surface area contributed by atoms with Crippen LogP contribution in [0.3, 0.4) is 0 Å². The van der Waals surface area contributed by atoms with E-state index in [1.807, 2.05) is 0 Å².